The van der Waals surface area contributed by atoms with Crippen LogP contribution in [0.2, 0.25) is 5.02 Å². The summed E-state index contributed by atoms with van der Waals surface area (Å²) in [6.07, 6.45) is 2.42. The maximum absolute atomic E-state index is 13.5. The highest BCUT2D eigenvalue weighted by molar-refractivity contribution is 8.04. The normalized spacial score (nSPS) is 20.3. The van der Waals surface area contributed by atoms with Gasteiger partial charge < -0.3 is 20.1 Å². The zero-order valence-corrected chi connectivity index (χ0v) is 23.9. The van der Waals surface area contributed by atoms with Crippen LogP contribution in [-0.2, 0) is 16.1 Å². The number of carbonyl (C=O) groups is 1. The van der Waals surface area contributed by atoms with E-state index >= 15 is 0 Å². The summed E-state index contributed by atoms with van der Waals surface area (Å²) in [5, 5.41) is 7.01. The van der Waals surface area contributed by atoms with E-state index in [2.05, 4.69) is 32.4 Å². The number of anilines is 1. The van der Waals surface area contributed by atoms with E-state index in [1.54, 1.807) is 47.3 Å². The molecule has 0 bridgehead atoms. The van der Waals surface area contributed by atoms with Crippen LogP contribution in [0, 0.1) is 17.7 Å². The summed E-state index contributed by atoms with van der Waals surface area (Å²) in [6.45, 7) is 5.40. The number of rotatable bonds is 6. The van der Waals surface area contributed by atoms with Crippen LogP contribution in [-0.4, -0.2) is 73.4 Å². The molecule has 1 fully saturated rings. The van der Waals surface area contributed by atoms with E-state index in [1.807, 2.05) is 6.07 Å². The number of halogens is 2. The molecule has 2 N–H and O–H groups in total. The summed E-state index contributed by atoms with van der Waals surface area (Å²) in [4.78, 5) is 22.9. The smallest absolute Gasteiger partial charge is 0.304 e. The van der Waals surface area contributed by atoms with Gasteiger partial charge in [-0.1, -0.05) is 41.4 Å². The number of benzene rings is 2. The van der Waals surface area contributed by atoms with E-state index in [4.69, 9.17) is 21.1 Å². The first-order valence-corrected chi connectivity index (χ1v) is 14.7. The third-order valence-electron chi connectivity index (χ3n) is 7.13. The van der Waals surface area contributed by atoms with E-state index < -0.39 is 0 Å². The van der Waals surface area contributed by atoms with Gasteiger partial charge in [0.05, 0.1) is 24.8 Å². The van der Waals surface area contributed by atoms with Crippen LogP contribution in [0.25, 0.3) is 0 Å². The van der Waals surface area contributed by atoms with Crippen molar-refractivity contribution in [3.05, 3.63) is 80.7 Å². The zero-order chi connectivity index (χ0) is 28.2. The number of aliphatic imine (C=N–C) groups is 1. The molecule has 1 atom stereocenters. The van der Waals surface area contributed by atoms with Crippen LogP contribution in [0.3, 0.4) is 0 Å². The van der Waals surface area contributed by atoms with Crippen molar-refractivity contribution >= 4 is 41.3 Å². The third-order valence-corrected chi connectivity index (χ3v) is 8.79. The van der Waals surface area contributed by atoms with Crippen molar-refractivity contribution < 1.29 is 18.7 Å². The van der Waals surface area contributed by atoms with E-state index in [1.165, 1.54) is 22.6 Å². The molecule has 212 valence electrons. The van der Waals surface area contributed by atoms with Crippen molar-refractivity contribution in [1.29, 1.82) is 0 Å². The number of nitrogens with zero attached hydrogens (tertiary/aromatic N) is 3. The largest absolute Gasteiger partial charge is 0.487 e. The van der Waals surface area contributed by atoms with Gasteiger partial charge in [-0.15, -0.1) is 0 Å². The minimum absolute atomic E-state index is 0.201. The maximum Gasteiger partial charge on any atom is 0.304 e. The molecule has 0 aromatic heterocycles. The zero-order valence-electron chi connectivity index (χ0n) is 22.3. The van der Waals surface area contributed by atoms with Crippen molar-refractivity contribution in [2.24, 2.45) is 4.99 Å². The van der Waals surface area contributed by atoms with Crippen LogP contribution in [0.15, 0.2) is 69.3 Å². The number of carbonyl (C=O) groups excluding carboxylic acids is 1. The predicted molar refractivity (Wildman–Crippen MR) is 159 cm³/mol. The van der Waals surface area contributed by atoms with Crippen LogP contribution in [0.4, 0.5) is 10.1 Å². The number of thioether (sulfide) groups is 1. The Morgan fingerprint density at radius 1 is 1.27 bits per heavy atom. The topological polar surface area (TPSA) is 78.4 Å². The maximum atomic E-state index is 13.5. The van der Waals surface area contributed by atoms with Gasteiger partial charge in [0.2, 0.25) is 0 Å². The van der Waals surface area contributed by atoms with Gasteiger partial charge in [-0.05, 0) is 60.4 Å². The minimum atomic E-state index is -0.310. The van der Waals surface area contributed by atoms with Crippen molar-refractivity contribution in [1.82, 2.24) is 15.1 Å². The second-order valence-corrected chi connectivity index (χ2v) is 11.5. The lowest BCUT2D eigenvalue weighted by atomic mass is 9.98. The van der Waals surface area contributed by atoms with E-state index in [9.17, 15) is 9.18 Å². The molecule has 0 aliphatic carbocycles. The molecule has 4 heterocycles. The quantitative estimate of drug-likeness (QED) is 0.486. The Hall–Kier alpha value is -3.33. The SMILES string of the molecule is O=C(C#CCN1CCOCC1)N1C=NC(Nc2ccc(OCc3cccc(F)c3)c(Cl)c2)=C2C3=C(CNCC3)SC21. The van der Waals surface area contributed by atoms with Gasteiger partial charge in [0.1, 0.15) is 35.7 Å². The average molecular weight is 594 g/mol. The van der Waals surface area contributed by atoms with Crippen molar-refractivity contribution in [2.75, 3.05) is 51.3 Å². The number of fused-ring (bicyclic) bond motifs is 2. The molecule has 4 aliphatic rings. The fourth-order valence-corrected chi connectivity index (χ4v) is 6.72. The summed E-state index contributed by atoms with van der Waals surface area (Å²) in [7, 11) is 0. The molecule has 2 aromatic rings. The molecule has 41 heavy (non-hydrogen) atoms. The molecule has 2 aromatic carbocycles. The van der Waals surface area contributed by atoms with Crippen LogP contribution in [0.1, 0.15) is 12.0 Å². The third kappa shape index (κ3) is 6.45. The monoisotopic (exact) mass is 593 g/mol. The molecule has 4 aliphatic heterocycles. The summed E-state index contributed by atoms with van der Waals surface area (Å²) < 4.78 is 24.7. The van der Waals surface area contributed by atoms with Gasteiger partial charge >= 0.3 is 5.91 Å². The first-order chi connectivity index (χ1) is 20.0. The van der Waals surface area contributed by atoms with Gasteiger partial charge in [0.25, 0.3) is 0 Å². The molecule has 11 heteroatoms. The fraction of sp³-hybridized carbons (Fsp3) is 0.333. The van der Waals surface area contributed by atoms with Gasteiger partial charge in [0.15, 0.2) is 0 Å². The number of morpholine rings is 1. The van der Waals surface area contributed by atoms with Crippen molar-refractivity contribution in [2.45, 2.75) is 18.4 Å². The Kier molecular flexibility index (Phi) is 8.60. The molecule has 1 unspecified atom stereocenters. The lowest BCUT2D eigenvalue weighted by Crippen LogP contribution is -2.40. The molecule has 0 saturated carbocycles. The van der Waals surface area contributed by atoms with E-state index in [-0.39, 0.29) is 23.7 Å². The predicted octanol–water partition coefficient (Wildman–Crippen LogP) is 4.21. The summed E-state index contributed by atoms with van der Waals surface area (Å²) >= 11 is 8.21. The molecule has 6 rings (SSSR count). The molecule has 8 nitrogen and oxygen atoms in total. The lowest BCUT2D eigenvalue weighted by molar-refractivity contribution is -0.121. The number of nitrogens with one attached hydrogen (secondary N) is 2. The van der Waals surface area contributed by atoms with Crippen LogP contribution in [0.5, 0.6) is 5.75 Å². The standard InChI is InChI=1S/C30H29ClFN5O3S/c31-24-16-22(6-7-25(24)40-18-20-3-1-4-21(32)15-20)35-29-28-23-8-9-33-17-26(23)41-30(28)37(19-34-29)27(38)5-2-10-36-11-13-39-14-12-36/h1,3-4,6-7,15-16,19,30,33,35H,8-14,17-18H2. The lowest BCUT2D eigenvalue weighted by Gasteiger charge is -2.29. The van der Waals surface area contributed by atoms with Gasteiger partial charge in [-0.25, -0.2) is 9.38 Å². The Balaban J connectivity index is 1.18. The Labute approximate surface area is 247 Å². The number of hydrogen-bond donors (Lipinski definition) is 2. The van der Waals surface area contributed by atoms with Crippen LogP contribution < -0.4 is 15.4 Å². The molecule has 1 amide bonds. The van der Waals surface area contributed by atoms with Crippen molar-refractivity contribution in [3.8, 4) is 17.6 Å². The minimum Gasteiger partial charge on any atom is -0.487 e. The number of hydrogen-bond acceptors (Lipinski definition) is 8. The molecule has 0 radical (unpaired) electrons. The molecule has 1 saturated heterocycles. The highest BCUT2D eigenvalue weighted by atomic mass is 35.5. The van der Waals surface area contributed by atoms with Gasteiger partial charge in [0, 0.05) is 35.8 Å². The van der Waals surface area contributed by atoms with Gasteiger partial charge in [-0.3, -0.25) is 14.6 Å². The van der Waals surface area contributed by atoms with E-state index in [0.717, 1.165) is 43.9 Å². The van der Waals surface area contributed by atoms with Crippen molar-refractivity contribution in [3.63, 3.8) is 0 Å². The highest BCUT2D eigenvalue weighted by Gasteiger charge is 2.40. The fourth-order valence-electron chi connectivity index (χ4n) is 5.04. The Bertz CT molecular complexity index is 1490. The molecule has 0 spiro atoms. The molecular weight excluding hydrogens is 565 g/mol. The summed E-state index contributed by atoms with van der Waals surface area (Å²) in [6, 6.07) is 11.7. The number of amides is 1. The average Bonchev–Trinajstić information content (AvgIpc) is 3.38. The highest BCUT2D eigenvalue weighted by Crippen LogP contribution is 2.48. The summed E-state index contributed by atoms with van der Waals surface area (Å²) in [5.74, 6) is 6.45. The second kappa shape index (κ2) is 12.7. The molecular formula is C30H29ClFN5O3S. The van der Waals surface area contributed by atoms with E-state index in [0.29, 0.717) is 41.9 Å². The second-order valence-electron chi connectivity index (χ2n) is 9.90. The number of ether oxygens (including phenoxy) is 2. The Morgan fingerprint density at radius 3 is 2.98 bits per heavy atom. The summed E-state index contributed by atoms with van der Waals surface area (Å²) in [5.41, 5.74) is 3.68. The van der Waals surface area contributed by atoms with Gasteiger partial charge in [-0.2, -0.15) is 0 Å². The Morgan fingerprint density at radius 2 is 2.15 bits per heavy atom. The first-order valence-electron chi connectivity index (χ1n) is 13.5. The first kappa shape index (κ1) is 27.8. The van der Waals surface area contributed by atoms with Crippen LogP contribution >= 0.6 is 23.4 Å².